The molecule has 35 heavy (non-hydrogen) atoms. The maximum Gasteiger partial charge on any atom is 0.243 e. The van der Waals surface area contributed by atoms with Gasteiger partial charge in [0.15, 0.2) is 11.0 Å². The highest BCUT2D eigenvalue weighted by Gasteiger charge is 2.29. The van der Waals surface area contributed by atoms with Gasteiger partial charge in [0.05, 0.1) is 23.9 Å². The summed E-state index contributed by atoms with van der Waals surface area (Å²) < 4.78 is 35.5. The molecule has 0 spiro atoms. The SMILES string of the molecule is CC(C)(C)C(=O)CSc1nnc(-c2cccc(S(=O)(=O)N3CCOCC3)c2)n1C1CCCCCC1. The molecule has 4 rings (SSSR count). The van der Waals surface area contributed by atoms with Gasteiger partial charge in [-0.05, 0) is 25.0 Å². The third kappa shape index (κ3) is 6.15. The minimum Gasteiger partial charge on any atom is -0.379 e. The fourth-order valence-corrected chi connectivity index (χ4v) is 7.12. The number of benzene rings is 1. The molecular weight excluding hydrogens is 484 g/mol. The van der Waals surface area contributed by atoms with Gasteiger partial charge in [-0.2, -0.15) is 4.31 Å². The van der Waals surface area contributed by atoms with Crippen LogP contribution in [0.5, 0.6) is 0 Å². The molecule has 1 saturated heterocycles. The molecule has 8 nitrogen and oxygen atoms in total. The molecule has 192 valence electrons. The second kappa shape index (κ2) is 11.1. The molecule has 1 aliphatic heterocycles. The predicted octanol–water partition coefficient (Wildman–Crippen LogP) is 4.57. The van der Waals surface area contributed by atoms with Crippen LogP contribution in [0.2, 0.25) is 0 Å². The van der Waals surface area contributed by atoms with E-state index in [0.29, 0.717) is 37.9 Å². The monoisotopic (exact) mass is 520 g/mol. The van der Waals surface area contributed by atoms with Crippen molar-refractivity contribution in [2.75, 3.05) is 32.1 Å². The maximum atomic E-state index is 13.3. The summed E-state index contributed by atoms with van der Waals surface area (Å²) in [6.45, 7) is 7.31. The van der Waals surface area contributed by atoms with Gasteiger partial charge < -0.3 is 4.74 Å². The Balaban J connectivity index is 1.69. The van der Waals surface area contributed by atoms with Crippen molar-refractivity contribution < 1.29 is 17.9 Å². The van der Waals surface area contributed by atoms with Crippen LogP contribution in [0.15, 0.2) is 34.3 Å². The number of sulfonamides is 1. The molecule has 0 radical (unpaired) electrons. The number of carbonyl (C=O) groups is 1. The quantitative estimate of drug-likeness (QED) is 0.390. The third-order valence-corrected chi connectivity index (χ3v) is 9.56. The van der Waals surface area contributed by atoms with Gasteiger partial charge in [0.25, 0.3) is 0 Å². The predicted molar refractivity (Wildman–Crippen MR) is 137 cm³/mol. The fourth-order valence-electron chi connectivity index (χ4n) is 4.50. The summed E-state index contributed by atoms with van der Waals surface area (Å²) in [5.41, 5.74) is 0.315. The molecule has 1 saturated carbocycles. The molecule has 1 aromatic carbocycles. The number of rotatable bonds is 7. The summed E-state index contributed by atoms with van der Waals surface area (Å²) in [5, 5.41) is 9.73. The Morgan fingerprint density at radius 1 is 1.09 bits per heavy atom. The molecule has 0 bridgehead atoms. The molecule has 0 amide bonds. The number of ether oxygens (including phenoxy) is 1. The lowest BCUT2D eigenvalue weighted by Crippen LogP contribution is -2.40. The molecule has 0 unspecified atom stereocenters. The summed E-state index contributed by atoms with van der Waals surface area (Å²) in [6.07, 6.45) is 6.76. The lowest BCUT2D eigenvalue weighted by Gasteiger charge is -2.26. The van der Waals surface area contributed by atoms with E-state index in [4.69, 9.17) is 4.74 Å². The molecular formula is C25H36N4O4S2. The zero-order chi connectivity index (χ0) is 25.1. The van der Waals surface area contributed by atoms with Crippen LogP contribution in [0, 0.1) is 5.41 Å². The van der Waals surface area contributed by atoms with Gasteiger partial charge >= 0.3 is 0 Å². The average molecular weight is 521 g/mol. The van der Waals surface area contributed by atoms with Crippen molar-refractivity contribution in [2.45, 2.75) is 75.4 Å². The van der Waals surface area contributed by atoms with Crippen molar-refractivity contribution in [3.63, 3.8) is 0 Å². The largest absolute Gasteiger partial charge is 0.379 e. The van der Waals surface area contributed by atoms with Gasteiger partial charge in [-0.25, -0.2) is 8.42 Å². The number of nitrogens with zero attached hydrogens (tertiary/aromatic N) is 4. The number of carbonyl (C=O) groups excluding carboxylic acids is 1. The van der Waals surface area contributed by atoms with E-state index in [9.17, 15) is 13.2 Å². The molecule has 2 fully saturated rings. The molecule has 2 aliphatic rings. The van der Waals surface area contributed by atoms with Gasteiger partial charge in [-0.3, -0.25) is 9.36 Å². The highest BCUT2D eigenvalue weighted by molar-refractivity contribution is 7.99. The molecule has 1 aromatic heterocycles. The van der Waals surface area contributed by atoms with Crippen LogP contribution in [0.4, 0.5) is 0 Å². The summed E-state index contributed by atoms with van der Waals surface area (Å²) >= 11 is 1.43. The first kappa shape index (κ1) is 26.3. The first-order valence-electron chi connectivity index (χ1n) is 12.5. The van der Waals surface area contributed by atoms with Crippen LogP contribution in [0.1, 0.15) is 65.3 Å². The van der Waals surface area contributed by atoms with E-state index >= 15 is 0 Å². The van der Waals surface area contributed by atoms with Crippen LogP contribution in [0.3, 0.4) is 0 Å². The normalized spacial score (nSPS) is 18.9. The molecule has 1 aliphatic carbocycles. The van der Waals surface area contributed by atoms with E-state index in [0.717, 1.165) is 36.4 Å². The zero-order valence-electron chi connectivity index (χ0n) is 20.9. The van der Waals surface area contributed by atoms with Crippen molar-refractivity contribution >= 4 is 27.6 Å². The summed E-state index contributed by atoms with van der Waals surface area (Å²) in [6, 6.07) is 7.23. The van der Waals surface area contributed by atoms with Gasteiger partial charge in [-0.15, -0.1) is 10.2 Å². The number of aromatic nitrogens is 3. The Bertz CT molecular complexity index is 1130. The number of ketones is 1. The lowest BCUT2D eigenvalue weighted by atomic mass is 9.92. The summed E-state index contributed by atoms with van der Waals surface area (Å²) in [7, 11) is -3.62. The molecule has 10 heteroatoms. The minimum atomic E-state index is -3.62. The topological polar surface area (TPSA) is 94.4 Å². The summed E-state index contributed by atoms with van der Waals surface area (Å²) in [4.78, 5) is 12.9. The second-order valence-electron chi connectivity index (χ2n) is 10.3. The van der Waals surface area contributed by atoms with E-state index in [2.05, 4.69) is 14.8 Å². The van der Waals surface area contributed by atoms with Crippen molar-refractivity contribution in [2.24, 2.45) is 5.41 Å². The number of hydrogen-bond acceptors (Lipinski definition) is 7. The van der Waals surface area contributed by atoms with Gasteiger partial charge in [0, 0.05) is 30.1 Å². The fraction of sp³-hybridized carbons (Fsp3) is 0.640. The third-order valence-electron chi connectivity index (χ3n) is 6.72. The van der Waals surface area contributed by atoms with Crippen LogP contribution in [-0.2, 0) is 19.6 Å². The zero-order valence-corrected chi connectivity index (χ0v) is 22.5. The highest BCUT2D eigenvalue weighted by Crippen LogP contribution is 2.36. The van der Waals surface area contributed by atoms with Crippen molar-refractivity contribution in [3.8, 4) is 11.4 Å². The molecule has 2 heterocycles. The maximum absolute atomic E-state index is 13.3. The number of Topliss-reactive ketones (excluding diaryl/α,β-unsaturated/α-hetero) is 1. The Hall–Kier alpha value is -1.75. The Morgan fingerprint density at radius 2 is 1.77 bits per heavy atom. The number of morpholine rings is 1. The lowest BCUT2D eigenvalue weighted by molar-refractivity contribution is -0.123. The van der Waals surface area contributed by atoms with Crippen LogP contribution in [0.25, 0.3) is 11.4 Å². The number of thioether (sulfide) groups is 1. The van der Waals surface area contributed by atoms with Crippen LogP contribution in [-0.4, -0.2) is 65.3 Å². The highest BCUT2D eigenvalue weighted by atomic mass is 32.2. The van der Waals surface area contributed by atoms with Gasteiger partial charge in [-0.1, -0.05) is 70.3 Å². The van der Waals surface area contributed by atoms with Crippen molar-refractivity contribution in [1.29, 1.82) is 0 Å². The summed E-state index contributed by atoms with van der Waals surface area (Å²) in [5.74, 6) is 1.17. The van der Waals surface area contributed by atoms with Crippen molar-refractivity contribution in [1.82, 2.24) is 19.1 Å². The Morgan fingerprint density at radius 3 is 2.43 bits per heavy atom. The van der Waals surface area contributed by atoms with E-state index in [-0.39, 0.29) is 16.7 Å². The average Bonchev–Trinajstić information content (AvgIpc) is 3.08. The van der Waals surface area contributed by atoms with Gasteiger partial charge in [0.2, 0.25) is 10.0 Å². The number of hydrogen-bond donors (Lipinski definition) is 0. The van der Waals surface area contributed by atoms with E-state index in [1.807, 2.05) is 26.8 Å². The van der Waals surface area contributed by atoms with E-state index in [1.165, 1.54) is 28.9 Å². The Kier molecular flexibility index (Phi) is 8.35. The Labute approximate surface area is 212 Å². The second-order valence-corrected chi connectivity index (χ2v) is 13.2. The van der Waals surface area contributed by atoms with Crippen LogP contribution < -0.4 is 0 Å². The smallest absolute Gasteiger partial charge is 0.243 e. The minimum absolute atomic E-state index is 0.165. The first-order chi connectivity index (χ1) is 16.7. The van der Waals surface area contributed by atoms with Crippen LogP contribution >= 0.6 is 11.8 Å². The molecule has 0 N–H and O–H groups in total. The first-order valence-corrected chi connectivity index (χ1v) is 14.9. The van der Waals surface area contributed by atoms with Crippen molar-refractivity contribution in [3.05, 3.63) is 24.3 Å². The molecule has 0 atom stereocenters. The van der Waals surface area contributed by atoms with E-state index < -0.39 is 15.4 Å². The molecule has 2 aromatic rings. The standard InChI is InChI=1S/C25H36N4O4S2/c1-25(2,3)22(30)18-34-24-27-26-23(29(24)20-10-6-4-5-7-11-20)19-9-8-12-21(17-19)35(31,32)28-13-15-33-16-14-28/h8-9,12,17,20H,4-7,10-11,13-16,18H2,1-3H3. The van der Waals surface area contributed by atoms with E-state index in [1.54, 1.807) is 18.2 Å². The van der Waals surface area contributed by atoms with Gasteiger partial charge in [0.1, 0.15) is 5.78 Å².